The van der Waals surface area contributed by atoms with E-state index in [1.807, 2.05) is 79.7 Å². The first-order valence-electron chi connectivity index (χ1n) is 17.2. The molecule has 258 valence electrons. The molecule has 10 heteroatoms. The molecule has 0 radical (unpaired) electrons. The number of piperidine rings is 1. The third-order valence-electron chi connectivity index (χ3n) is 9.19. The lowest BCUT2D eigenvalue weighted by Gasteiger charge is -2.38. The van der Waals surface area contributed by atoms with Crippen LogP contribution in [0.1, 0.15) is 49.8 Å². The number of carbonyl (C=O) groups excluding carboxylic acids is 2. The van der Waals surface area contributed by atoms with Gasteiger partial charge in [0.2, 0.25) is 5.91 Å². The highest BCUT2D eigenvalue weighted by Gasteiger charge is 2.35. The minimum absolute atomic E-state index is 0.136. The SMILES string of the molecule is CCN(C(=O)N1CCCC[C@H]1C(=O)N[C@H](CCc1ccc(OC)c(OC)c1)c1cccc(OCCN2CCOCC2)c1)c1ccccc1. The Morgan fingerprint density at radius 3 is 2.48 bits per heavy atom. The van der Waals surface area contributed by atoms with Gasteiger partial charge in [0.1, 0.15) is 18.4 Å². The molecule has 1 N–H and O–H groups in total. The standard InChI is InChI=1S/C38H50N4O6/c1-4-41(31-12-6-5-7-13-31)38(44)42-20-9-8-15-34(42)37(43)39-33(18-16-29-17-19-35(45-2)36(27-29)46-3)30-11-10-14-32(28-30)48-26-23-40-21-24-47-25-22-40/h5-7,10-14,17,19,27-28,33-34H,4,8-9,15-16,18,20-26H2,1-3H3,(H,39,43)/t33-,34+/m1/s1. The number of aryl methyl sites for hydroxylation is 1. The predicted molar refractivity (Wildman–Crippen MR) is 187 cm³/mol. The second-order valence-corrected chi connectivity index (χ2v) is 12.2. The van der Waals surface area contributed by atoms with Gasteiger partial charge < -0.3 is 29.2 Å². The summed E-state index contributed by atoms with van der Waals surface area (Å²) in [5.41, 5.74) is 2.86. The van der Waals surface area contributed by atoms with Crippen LogP contribution in [0.2, 0.25) is 0 Å². The molecule has 0 unspecified atom stereocenters. The lowest BCUT2D eigenvalue weighted by atomic mass is 9.96. The summed E-state index contributed by atoms with van der Waals surface area (Å²) < 4.78 is 22.6. The molecule has 3 aromatic carbocycles. The van der Waals surface area contributed by atoms with Crippen LogP contribution in [0.3, 0.4) is 0 Å². The zero-order chi connectivity index (χ0) is 33.7. The molecule has 0 bridgehead atoms. The van der Waals surface area contributed by atoms with Gasteiger partial charge >= 0.3 is 6.03 Å². The summed E-state index contributed by atoms with van der Waals surface area (Å²) in [5, 5.41) is 3.36. The number of hydrogen-bond acceptors (Lipinski definition) is 7. The summed E-state index contributed by atoms with van der Waals surface area (Å²) in [6, 6.07) is 22.6. The van der Waals surface area contributed by atoms with Crippen molar-refractivity contribution in [2.75, 3.05) is 71.7 Å². The Hall–Kier alpha value is -4.28. The predicted octanol–water partition coefficient (Wildman–Crippen LogP) is 5.71. The fourth-order valence-electron chi connectivity index (χ4n) is 6.50. The van der Waals surface area contributed by atoms with Crippen LogP contribution in [-0.2, 0) is 16.0 Å². The molecule has 2 atom stereocenters. The first-order chi connectivity index (χ1) is 23.5. The highest BCUT2D eigenvalue weighted by molar-refractivity contribution is 5.95. The number of amides is 3. The molecular formula is C38H50N4O6. The maximum absolute atomic E-state index is 14.2. The van der Waals surface area contributed by atoms with E-state index < -0.39 is 6.04 Å². The summed E-state index contributed by atoms with van der Waals surface area (Å²) in [6.45, 7) is 7.75. The smallest absolute Gasteiger partial charge is 0.325 e. The molecular weight excluding hydrogens is 608 g/mol. The maximum atomic E-state index is 14.2. The molecule has 3 aromatic rings. The molecule has 0 saturated carbocycles. The van der Waals surface area contributed by atoms with Gasteiger partial charge in [-0.2, -0.15) is 0 Å². The molecule has 10 nitrogen and oxygen atoms in total. The van der Waals surface area contributed by atoms with E-state index in [0.717, 1.165) is 68.3 Å². The zero-order valence-corrected chi connectivity index (χ0v) is 28.6. The minimum Gasteiger partial charge on any atom is -0.493 e. The van der Waals surface area contributed by atoms with Crippen LogP contribution in [0.25, 0.3) is 0 Å². The van der Waals surface area contributed by atoms with Crippen LogP contribution in [-0.4, -0.2) is 94.5 Å². The largest absolute Gasteiger partial charge is 0.493 e. The summed E-state index contributed by atoms with van der Waals surface area (Å²) in [6.07, 6.45) is 3.72. The van der Waals surface area contributed by atoms with E-state index in [0.29, 0.717) is 50.5 Å². The number of nitrogens with one attached hydrogen (secondary N) is 1. The Morgan fingerprint density at radius 2 is 1.73 bits per heavy atom. The summed E-state index contributed by atoms with van der Waals surface area (Å²) in [5.74, 6) is 1.97. The second kappa shape index (κ2) is 17.8. The average Bonchev–Trinajstić information content (AvgIpc) is 3.14. The van der Waals surface area contributed by atoms with Crippen molar-refractivity contribution in [2.45, 2.75) is 51.1 Å². The van der Waals surface area contributed by atoms with Crippen LogP contribution in [0, 0.1) is 0 Å². The zero-order valence-electron chi connectivity index (χ0n) is 28.6. The number of para-hydroxylation sites is 1. The summed E-state index contributed by atoms with van der Waals surface area (Å²) >= 11 is 0. The molecule has 2 aliphatic heterocycles. The van der Waals surface area contributed by atoms with Crippen LogP contribution < -0.4 is 24.4 Å². The van der Waals surface area contributed by atoms with E-state index in [9.17, 15) is 9.59 Å². The number of carbonyl (C=O) groups is 2. The van der Waals surface area contributed by atoms with Crippen molar-refractivity contribution < 1.29 is 28.5 Å². The molecule has 0 spiro atoms. The van der Waals surface area contributed by atoms with E-state index in [1.165, 1.54) is 0 Å². The van der Waals surface area contributed by atoms with E-state index in [1.54, 1.807) is 24.0 Å². The fraction of sp³-hybridized carbons (Fsp3) is 0.474. The number of rotatable bonds is 14. The van der Waals surface area contributed by atoms with Gasteiger partial charge in [-0.05, 0) is 86.6 Å². The highest BCUT2D eigenvalue weighted by atomic mass is 16.5. The second-order valence-electron chi connectivity index (χ2n) is 12.2. The fourth-order valence-corrected chi connectivity index (χ4v) is 6.50. The van der Waals surface area contributed by atoms with Crippen molar-refractivity contribution >= 4 is 17.6 Å². The van der Waals surface area contributed by atoms with Gasteiger partial charge in [-0.3, -0.25) is 14.6 Å². The third kappa shape index (κ3) is 9.20. The number of urea groups is 1. The van der Waals surface area contributed by atoms with Crippen molar-refractivity contribution in [3.8, 4) is 17.2 Å². The van der Waals surface area contributed by atoms with Gasteiger partial charge in [-0.25, -0.2) is 4.79 Å². The van der Waals surface area contributed by atoms with Crippen LogP contribution >= 0.6 is 0 Å². The van der Waals surface area contributed by atoms with E-state index in [-0.39, 0.29) is 18.0 Å². The first kappa shape index (κ1) is 35.0. The number of nitrogens with zero attached hydrogens (tertiary/aromatic N) is 3. The molecule has 0 aliphatic carbocycles. The molecule has 48 heavy (non-hydrogen) atoms. The number of benzene rings is 3. The molecule has 2 saturated heterocycles. The molecule has 0 aromatic heterocycles. The summed E-state index contributed by atoms with van der Waals surface area (Å²) in [4.78, 5) is 33.9. The van der Waals surface area contributed by atoms with Crippen molar-refractivity contribution in [3.05, 3.63) is 83.9 Å². The van der Waals surface area contributed by atoms with E-state index >= 15 is 0 Å². The van der Waals surface area contributed by atoms with E-state index in [2.05, 4.69) is 10.2 Å². The summed E-state index contributed by atoms with van der Waals surface area (Å²) in [7, 11) is 3.25. The maximum Gasteiger partial charge on any atom is 0.325 e. The first-order valence-corrected chi connectivity index (χ1v) is 17.2. The van der Waals surface area contributed by atoms with Crippen molar-refractivity contribution in [2.24, 2.45) is 0 Å². The van der Waals surface area contributed by atoms with Crippen LogP contribution in [0.15, 0.2) is 72.8 Å². The minimum atomic E-state index is -0.555. The van der Waals surface area contributed by atoms with Crippen LogP contribution in [0.5, 0.6) is 17.2 Å². The van der Waals surface area contributed by atoms with Crippen molar-refractivity contribution in [1.29, 1.82) is 0 Å². The lowest BCUT2D eigenvalue weighted by Crippen LogP contribution is -2.56. The Labute approximate surface area is 284 Å². The molecule has 2 fully saturated rings. The number of likely N-dealkylation sites (tertiary alicyclic amines) is 1. The number of ether oxygens (including phenoxy) is 4. The van der Waals surface area contributed by atoms with Crippen molar-refractivity contribution in [1.82, 2.24) is 15.1 Å². The molecule has 5 rings (SSSR count). The molecule has 2 heterocycles. The lowest BCUT2D eigenvalue weighted by molar-refractivity contribution is -0.127. The number of morpholine rings is 1. The van der Waals surface area contributed by atoms with E-state index in [4.69, 9.17) is 18.9 Å². The normalized spacial score (nSPS) is 17.3. The highest BCUT2D eigenvalue weighted by Crippen LogP contribution is 2.30. The van der Waals surface area contributed by atoms with Crippen LogP contribution in [0.4, 0.5) is 10.5 Å². The Balaban J connectivity index is 1.33. The Morgan fingerprint density at radius 1 is 0.938 bits per heavy atom. The quantitative estimate of drug-likeness (QED) is 0.237. The third-order valence-corrected chi connectivity index (χ3v) is 9.19. The van der Waals surface area contributed by atoms with Gasteiger partial charge in [-0.1, -0.05) is 36.4 Å². The van der Waals surface area contributed by atoms with Gasteiger partial charge in [0.15, 0.2) is 11.5 Å². The number of hydrogen-bond donors (Lipinski definition) is 1. The van der Waals surface area contributed by atoms with Gasteiger partial charge in [-0.15, -0.1) is 0 Å². The van der Waals surface area contributed by atoms with Gasteiger partial charge in [0, 0.05) is 38.4 Å². The van der Waals surface area contributed by atoms with Gasteiger partial charge in [0.25, 0.3) is 0 Å². The average molecular weight is 659 g/mol. The number of methoxy groups -OCH3 is 2. The van der Waals surface area contributed by atoms with Gasteiger partial charge in [0.05, 0.1) is 33.5 Å². The Kier molecular flexibility index (Phi) is 13.0. The van der Waals surface area contributed by atoms with Crippen molar-refractivity contribution in [3.63, 3.8) is 0 Å². The Bertz CT molecular complexity index is 1460. The monoisotopic (exact) mass is 658 g/mol. The molecule has 3 amide bonds. The number of anilines is 1. The molecule has 2 aliphatic rings. The topological polar surface area (TPSA) is 92.8 Å².